The molecule has 0 saturated carbocycles. The highest BCUT2D eigenvalue weighted by molar-refractivity contribution is 7.09. The van der Waals surface area contributed by atoms with E-state index in [1.54, 1.807) is 12.5 Å². The number of amides is 1. The number of carbonyl (C=O) groups excluding carboxylic acids is 1. The molecular formula is C16H18N2O3S. The Labute approximate surface area is 133 Å². The van der Waals surface area contributed by atoms with E-state index in [9.17, 15) is 9.90 Å². The van der Waals surface area contributed by atoms with E-state index in [2.05, 4.69) is 10.3 Å². The zero-order valence-corrected chi connectivity index (χ0v) is 13.1. The number of aliphatic hydroxyl groups is 1. The maximum absolute atomic E-state index is 12.4. The second-order valence-corrected chi connectivity index (χ2v) is 6.27. The standard InChI is InChI=1S/C16H18N2O3S/c1-21-8-15-17-14(9-22-15)16(20)18-13-6-10(7-19)11-4-2-3-5-12(11)13/h2-5,9-10,13,19H,6-8H2,1H3,(H,18,20). The van der Waals surface area contributed by atoms with Crippen molar-refractivity contribution in [3.05, 3.63) is 51.5 Å². The number of hydrogen-bond acceptors (Lipinski definition) is 5. The van der Waals surface area contributed by atoms with Gasteiger partial charge in [0.25, 0.3) is 5.91 Å². The number of aliphatic hydroxyl groups excluding tert-OH is 1. The van der Waals surface area contributed by atoms with Gasteiger partial charge in [-0.2, -0.15) is 0 Å². The van der Waals surface area contributed by atoms with Gasteiger partial charge in [0, 0.05) is 18.4 Å². The highest BCUT2D eigenvalue weighted by atomic mass is 32.1. The van der Waals surface area contributed by atoms with Gasteiger partial charge in [-0.05, 0) is 17.5 Å². The average Bonchev–Trinajstić information content (AvgIpc) is 3.13. The van der Waals surface area contributed by atoms with Crippen molar-refractivity contribution in [2.24, 2.45) is 0 Å². The van der Waals surface area contributed by atoms with Gasteiger partial charge in [-0.3, -0.25) is 4.79 Å². The van der Waals surface area contributed by atoms with Crippen LogP contribution in [-0.2, 0) is 11.3 Å². The summed E-state index contributed by atoms with van der Waals surface area (Å²) < 4.78 is 5.02. The van der Waals surface area contributed by atoms with Crippen molar-refractivity contribution in [2.45, 2.75) is 25.0 Å². The molecule has 0 spiro atoms. The monoisotopic (exact) mass is 318 g/mol. The molecule has 3 rings (SSSR count). The number of methoxy groups -OCH3 is 1. The second-order valence-electron chi connectivity index (χ2n) is 5.33. The Kier molecular flexibility index (Phi) is 4.52. The summed E-state index contributed by atoms with van der Waals surface area (Å²) in [6.07, 6.45) is 0.719. The summed E-state index contributed by atoms with van der Waals surface area (Å²) in [6, 6.07) is 7.86. The van der Waals surface area contributed by atoms with E-state index >= 15 is 0 Å². The van der Waals surface area contributed by atoms with Crippen molar-refractivity contribution in [1.29, 1.82) is 0 Å². The largest absolute Gasteiger partial charge is 0.396 e. The lowest BCUT2D eigenvalue weighted by Crippen LogP contribution is -2.27. The van der Waals surface area contributed by atoms with Crippen molar-refractivity contribution < 1.29 is 14.6 Å². The van der Waals surface area contributed by atoms with Crippen molar-refractivity contribution >= 4 is 17.2 Å². The molecule has 5 nitrogen and oxygen atoms in total. The van der Waals surface area contributed by atoms with Gasteiger partial charge in [-0.1, -0.05) is 24.3 Å². The Morgan fingerprint density at radius 2 is 2.23 bits per heavy atom. The van der Waals surface area contributed by atoms with E-state index in [1.807, 2.05) is 24.3 Å². The first kappa shape index (κ1) is 15.1. The topological polar surface area (TPSA) is 71.5 Å². The summed E-state index contributed by atoms with van der Waals surface area (Å²) >= 11 is 1.41. The van der Waals surface area contributed by atoms with Crippen LogP contribution in [0.1, 0.15) is 45.0 Å². The summed E-state index contributed by atoms with van der Waals surface area (Å²) in [5.74, 6) is -0.0991. The molecule has 1 aromatic heterocycles. The van der Waals surface area contributed by atoms with Crippen molar-refractivity contribution in [3.63, 3.8) is 0 Å². The Balaban J connectivity index is 1.74. The van der Waals surface area contributed by atoms with Crippen molar-refractivity contribution in [2.75, 3.05) is 13.7 Å². The van der Waals surface area contributed by atoms with E-state index in [-0.39, 0.29) is 24.5 Å². The zero-order valence-electron chi connectivity index (χ0n) is 12.3. The number of ether oxygens (including phenoxy) is 1. The number of hydrogen-bond donors (Lipinski definition) is 2. The molecule has 1 aromatic carbocycles. The van der Waals surface area contributed by atoms with Gasteiger partial charge in [0.05, 0.1) is 19.3 Å². The lowest BCUT2D eigenvalue weighted by molar-refractivity contribution is 0.0929. The Hall–Kier alpha value is -1.76. The van der Waals surface area contributed by atoms with Crippen molar-refractivity contribution in [3.8, 4) is 0 Å². The Morgan fingerprint density at radius 1 is 1.45 bits per heavy atom. The number of aromatic nitrogens is 1. The highest BCUT2D eigenvalue weighted by Gasteiger charge is 2.31. The van der Waals surface area contributed by atoms with Crippen LogP contribution in [-0.4, -0.2) is 29.7 Å². The third-order valence-electron chi connectivity index (χ3n) is 3.91. The summed E-state index contributed by atoms with van der Waals surface area (Å²) in [6.45, 7) is 0.509. The first-order chi connectivity index (χ1) is 10.7. The number of carbonyl (C=O) groups is 1. The van der Waals surface area contributed by atoms with Crippen LogP contribution in [0.5, 0.6) is 0 Å². The van der Waals surface area contributed by atoms with Crippen LogP contribution in [0.4, 0.5) is 0 Å². The molecule has 2 aromatic rings. The fourth-order valence-electron chi connectivity index (χ4n) is 2.89. The van der Waals surface area contributed by atoms with Crippen LogP contribution >= 0.6 is 11.3 Å². The highest BCUT2D eigenvalue weighted by Crippen LogP contribution is 2.39. The molecule has 0 bridgehead atoms. The third-order valence-corrected chi connectivity index (χ3v) is 4.73. The predicted molar refractivity (Wildman–Crippen MR) is 83.9 cm³/mol. The van der Waals surface area contributed by atoms with Gasteiger partial charge in [-0.25, -0.2) is 4.98 Å². The smallest absolute Gasteiger partial charge is 0.271 e. The quantitative estimate of drug-likeness (QED) is 0.887. The molecule has 1 aliphatic rings. The third kappa shape index (κ3) is 2.90. The number of rotatable bonds is 5. The molecule has 0 radical (unpaired) electrons. The van der Waals surface area contributed by atoms with Crippen LogP contribution < -0.4 is 5.32 Å². The van der Waals surface area contributed by atoms with Gasteiger partial charge in [0.1, 0.15) is 10.7 Å². The normalized spacial score (nSPS) is 19.9. The second kappa shape index (κ2) is 6.56. The molecule has 1 amide bonds. The Bertz CT molecular complexity index is 671. The SMILES string of the molecule is COCc1nc(C(=O)NC2CC(CO)c3ccccc32)cs1. The van der Waals surface area contributed by atoms with Crippen molar-refractivity contribution in [1.82, 2.24) is 10.3 Å². The molecule has 2 atom stereocenters. The van der Waals surface area contributed by atoms with Crippen LogP contribution in [0.2, 0.25) is 0 Å². The molecule has 0 saturated heterocycles. The van der Waals surface area contributed by atoms with Gasteiger partial charge in [-0.15, -0.1) is 11.3 Å². The number of fused-ring (bicyclic) bond motifs is 1. The minimum Gasteiger partial charge on any atom is -0.396 e. The van der Waals surface area contributed by atoms with Gasteiger partial charge >= 0.3 is 0 Å². The van der Waals surface area contributed by atoms with Gasteiger partial charge < -0.3 is 15.2 Å². The lowest BCUT2D eigenvalue weighted by Gasteiger charge is -2.13. The zero-order chi connectivity index (χ0) is 15.5. The molecular weight excluding hydrogens is 300 g/mol. The van der Waals surface area contributed by atoms with Crippen LogP contribution in [0.15, 0.2) is 29.6 Å². The van der Waals surface area contributed by atoms with Crippen LogP contribution in [0.25, 0.3) is 0 Å². The Morgan fingerprint density at radius 3 is 2.95 bits per heavy atom. The van der Waals surface area contributed by atoms with E-state index in [0.29, 0.717) is 12.3 Å². The number of thiazole rings is 1. The fraction of sp³-hybridized carbons (Fsp3) is 0.375. The molecule has 22 heavy (non-hydrogen) atoms. The predicted octanol–water partition coefficient (Wildman–Crippen LogP) is 2.24. The maximum atomic E-state index is 12.4. The summed E-state index contributed by atoms with van der Waals surface area (Å²) in [5.41, 5.74) is 2.62. The lowest BCUT2D eigenvalue weighted by atomic mass is 10.0. The van der Waals surface area contributed by atoms with Crippen LogP contribution in [0.3, 0.4) is 0 Å². The molecule has 0 aliphatic heterocycles. The molecule has 1 heterocycles. The van der Waals surface area contributed by atoms with Gasteiger partial charge in [0.2, 0.25) is 0 Å². The number of nitrogens with zero attached hydrogens (tertiary/aromatic N) is 1. The molecule has 1 aliphatic carbocycles. The van der Waals surface area contributed by atoms with E-state index in [0.717, 1.165) is 22.6 Å². The minimum absolute atomic E-state index is 0.0755. The minimum atomic E-state index is -0.183. The molecule has 2 N–H and O–H groups in total. The maximum Gasteiger partial charge on any atom is 0.271 e. The number of benzene rings is 1. The molecule has 2 unspecified atom stereocenters. The first-order valence-corrected chi connectivity index (χ1v) is 8.04. The molecule has 6 heteroatoms. The van der Waals surface area contributed by atoms with E-state index in [1.165, 1.54) is 11.3 Å². The first-order valence-electron chi connectivity index (χ1n) is 7.16. The van der Waals surface area contributed by atoms with E-state index < -0.39 is 0 Å². The summed E-state index contributed by atoms with van der Waals surface area (Å²) in [5, 5.41) is 15.1. The van der Waals surface area contributed by atoms with Crippen LogP contribution in [0, 0.1) is 0 Å². The average molecular weight is 318 g/mol. The summed E-state index contributed by atoms with van der Waals surface area (Å²) in [4.78, 5) is 16.6. The number of nitrogens with one attached hydrogen (secondary N) is 1. The van der Waals surface area contributed by atoms with Gasteiger partial charge in [0.15, 0.2) is 0 Å². The van der Waals surface area contributed by atoms with E-state index in [4.69, 9.17) is 4.74 Å². The molecule has 0 fully saturated rings. The fourth-order valence-corrected chi connectivity index (χ4v) is 3.63. The molecule has 116 valence electrons. The summed E-state index contributed by atoms with van der Waals surface area (Å²) in [7, 11) is 1.60.